The van der Waals surface area contributed by atoms with Crippen LogP contribution in [0.4, 0.5) is 0 Å². The van der Waals surface area contributed by atoms with Gasteiger partial charge in [-0.15, -0.1) is 0 Å². The second-order valence-corrected chi connectivity index (χ2v) is 6.40. The summed E-state index contributed by atoms with van der Waals surface area (Å²) in [6, 6.07) is 7.02. The zero-order chi connectivity index (χ0) is 13.7. The Hall–Kier alpha value is -0.670. The van der Waals surface area contributed by atoms with Gasteiger partial charge in [0.1, 0.15) is 5.75 Å². The van der Waals surface area contributed by atoms with Gasteiger partial charge < -0.3 is 10.1 Å². The first-order valence-electron chi connectivity index (χ1n) is 7.32. The van der Waals surface area contributed by atoms with Crippen LogP contribution in [0.1, 0.15) is 43.9 Å². The van der Waals surface area contributed by atoms with Crippen LogP contribution in [-0.4, -0.2) is 24.7 Å². The van der Waals surface area contributed by atoms with Crippen molar-refractivity contribution in [3.05, 3.63) is 29.3 Å². The molecular weight excluding hydrogens is 254 g/mol. The molecule has 0 fully saturated rings. The molecule has 0 saturated heterocycles. The number of hydrogen-bond acceptors (Lipinski definition) is 3. The standard InChI is InChI=1S/C16H25NOS/c1-4-10-19-15-9-7-12-6-8-13(18-3)11-14(12)16(15)17-5-2/h6,8,11,15-17H,4-5,7,9-10H2,1-3H3. The smallest absolute Gasteiger partial charge is 0.119 e. The third-order valence-corrected chi connectivity index (χ3v) is 5.30. The van der Waals surface area contributed by atoms with Gasteiger partial charge in [0, 0.05) is 11.3 Å². The molecule has 3 heteroatoms. The van der Waals surface area contributed by atoms with Crippen molar-refractivity contribution in [3.8, 4) is 5.75 Å². The Labute approximate surface area is 121 Å². The largest absolute Gasteiger partial charge is 0.497 e. The Bertz CT molecular complexity index is 408. The Morgan fingerprint density at radius 2 is 2.21 bits per heavy atom. The van der Waals surface area contributed by atoms with E-state index in [-0.39, 0.29) is 0 Å². The van der Waals surface area contributed by atoms with Gasteiger partial charge in [0.15, 0.2) is 0 Å². The molecule has 2 rings (SSSR count). The summed E-state index contributed by atoms with van der Waals surface area (Å²) in [6.45, 7) is 5.47. The molecule has 1 aliphatic carbocycles. The summed E-state index contributed by atoms with van der Waals surface area (Å²) < 4.78 is 5.39. The number of benzene rings is 1. The Kier molecular flexibility index (Phi) is 5.59. The third kappa shape index (κ3) is 3.46. The maximum atomic E-state index is 5.39. The van der Waals surface area contributed by atoms with E-state index in [0.29, 0.717) is 11.3 Å². The Balaban J connectivity index is 2.24. The molecule has 1 aromatic rings. The number of rotatable bonds is 6. The maximum Gasteiger partial charge on any atom is 0.119 e. The average Bonchev–Trinajstić information content (AvgIpc) is 2.46. The van der Waals surface area contributed by atoms with Gasteiger partial charge >= 0.3 is 0 Å². The molecule has 0 radical (unpaired) electrons. The summed E-state index contributed by atoms with van der Waals surface area (Å²) in [5.41, 5.74) is 2.93. The first kappa shape index (κ1) is 14.7. The van der Waals surface area contributed by atoms with E-state index in [2.05, 4.69) is 49.1 Å². The third-order valence-electron chi connectivity index (χ3n) is 3.72. The van der Waals surface area contributed by atoms with Crippen molar-refractivity contribution in [1.82, 2.24) is 5.32 Å². The van der Waals surface area contributed by atoms with Crippen molar-refractivity contribution < 1.29 is 4.74 Å². The van der Waals surface area contributed by atoms with Crippen LogP contribution in [0.15, 0.2) is 18.2 Å². The number of fused-ring (bicyclic) bond motifs is 1. The van der Waals surface area contributed by atoms with E-state index >= 15 is 0 Å². The molecule has 0 aliphatic heterocycles. The van der Waals surface area contributed by atoms with E-state index in [1.165, 1.54) is 36.1 Å². The van der Waals surface area contributed by atoms with Crippen LogP contribution < -0.4 is 10.1 Å². The van der Waals surface area contributed by atoms with Gasteiger partial charge in [-0.3, -0.25) is 0 Å². The van der Waals surface area contributed by atoms with Crippen molar-refractivity contribution in [1.29, 1.82) is 0 Å². The molecule has 0 bridgehead atoms. The van der Waals surface area contributed by atoms with E-state index in [1.54, 1.807) is 7.11 Å². The molecule has 0 heterocycles. The predicted molar refractivity (Wildman–Crippen MR) is 84.3 cm³/mol. The van der Waals surface area contributed by atoms with Crippen LogP contribution in [0.5, 0.6) is 5.75 Å². The van der Waals surface area contributed by atoms with E-state index in [1.807, 2.05) is 0 Å². The van der Waals surface area contributed by atoms with Gasteiger partial charge in [-0.2, -0.15) is 11.8 Å². The van der Waals surface area contributed by atoms with Crippen LogP contribution in [-0.2, 0) is 6.42 Å². The fourth-order valence-corrected chi connectivity index (χ4v) is 4.05. The highest BCUT2D eigenvalue weighted by Crippen LogP contribution is 2.38. The molecule has 0 aromatic heterocycles. The number of thioether (sulfide) groups is 1. The second kappa shape index (κ2) is 7.20. The molecule has 19 heavy (non-hydrogen) atoms. The highest BCUT2D eigenvalue weighted by molar-refractivity contribution is 7.99. The fourth-order valence-electron chi connectivity index (χ4n) is 2.79. The monoisotopic (exact) mass is 279 g/mol. The highest BCUT2D eigenvalue weighted by Gasteiger charge is 2.29. The van der Waals surface area contributed by atoms with Crippen LogP contribution in [0.2, 0.25) is 0 Å². The van der Waals surface area contributed by atoms with E-state index in [4.69, 9.17) is 4.74 Å². The molecule has 0 spiro atoms. The summed E-state index contributed by atoms with van der Waals surface area (Å²) in [5.74, 6) is 2.23. The zero-order valence-corrected chi connectivity index (χ0v) is 13.1. The summed E-state index contributed by atoms with van der Waals surface area (Å²) in [5, 5.41) is 4.37. The van der Waals surface area contributed by atoms with Crippen LogP contribution >= 0.6 is 11.8 Å². The Morgan fingerprint density at radius 1 is 1.37 bits per heavy atom. The molecule has 106 valence electrons. The summed E-state index contributed by atoms with van der Waals surface area (Å²) in [7, 11) is 1.75. The molecule has 0 amide bonds. The molecule has 2 unspecified atom stereocenters. The number of aryl methyl sites for hydroxylation is 1. The topological polar surface area (TPSA) is 21.3 Å². The lowest BCUT2D eigenvalue weighted by molar-refractivity contribution is 0.410. The van der Waals surface area contributed by atoms with E-state index in [0.717, 1.165) is 12.3 Å². The van der Waals surface area contributed by atoms with Crippen LogP contribution in [0.3, 0.4) is 0 Å². The summed E-state index contributed by atoms with van der Waals surface area (Å²) in [6.07, 6.45) is 3.73. The Morgan fingerprint density at radius 3 is 2.89 bits per heavy atom. The molecule has 0 saturated carbocycles. The average molecular weight is 279 g/mol. The van der Waals surface area contributed by atoms with Gasteiger partial charge in [-0.05, 0) is 54.8 Å². The lowest BCUT2D eigenvalue weighted by Crippen LogP contribution is -2.34. The molecule has 1 N–H and O–H groups in total. The molecular formula is C16H25NOS. The number of methoxy groups -OCH3 is 1. The van der Waals surface area contributed by atoms with E-state index < -0.39 is 0 Å². The molecule has 2 nitrogen and oxygen atoms in total. The minimum Gasteiger partial charge on any atom is -0.497 e. The second-order valence-electron chi connectivity index (χ2n) is 5.05. The van der Waals surface area contributed by atoms with Crippen molar-refractivity contribution in [2.24, 2.45) is 0 Å². The van der Waals surface area contributed by atoms with Gasteiger partial charge in [0.25, 0.3) is 0 Å². The van der Waals surface area contributed by atoms with Gasteiger partial charge in [0.2, 0.25) is 0 Å². The minimum absolute atomic E-state index is 0.473. The lowest BCUT2D eigenvalue weighted by Gasteiger charge is -2.34. The maximum absolute atomic E-state index is 5.39. The summed E-state index contributed by atoms with van der Waals surface area (Å²) >= 11 is 2.12. The lowest BCUT2D eigenvalue weighted by atomic mass is 9.87. The number of nitrogens with one attached hydrogen (secondary N) is 1. The normalized spacial score (nSPS) is 22.1. The van der Waals surface area contributed by atoms with Crippen molar-refractivity contribution in [3.63, 3.8) is 0 Å². The van der Waals surface area contributed by atoms with Crippen molar-refractivity contribution in [2.45, 2.75) is 44.4 Å². The molecule has 1 aliphatic rings. The fraction of sp³-hybridized carbons (Fsp3) is 0.625. The van der Waals surface area contributed by atoms with Crippen LogP contribution in [0.25, 0.3) is 0 Å². The first-order valence-corrected chi connectivity index (χ1v) is 8.36. The quantitative estimate of drug-likeness (QED) is 0.855. The summed E-state index contributed by atoms with van der Waals surface area (Å²) in [4.78, 5) is 0. The van der Waals surface area contributed by atoms with Gasteiger partial charge in [-0.25, -0.2) is 0 Å². The van der Waals surface area contributed by atoms with Crippen molar-refractivity contribution in [2.75, 3.05) is 19.4 Å². The molecule has 2 atom stereocenters. The minimum atomic E-state index is 0.473. The molecule has 1 aromatic carbocycles. The van der Waals surface area contributed by atoms with E-state index in [9.17, 15) is 0 Å². The van der Waals surface area contributed by atoms with Gasteiger partial charge in [-0.1, -0.05) is 19.9 Å². The highest BCUT2D eigenvalue weighted by atomic mass is 32.2. The predicted octanol–water partition coefficient (Wildman–Crippen LogP) is 3.80. The SMILES string of the molecule is CCCSC1CCc2ccc(OC)cc2C1NCC. The van der Waals surface area contributed by atoms with Gasteiger partial charge in [0.05, 0.1) is 7.11 Å². The van der Waals surface area contributed by atoms with Crippen LogP contribution in [0, 0.1) is 0 Å². The van der Waals surface area contributed by atoms with Crippen molar-refractivity contribution >= 4 is 11.8 Å². The number of hydrogen-bond donors (Lipinski definition) is 1. The zero-order valence-electron chi connectivity index (χ0n) is 12.2. The first-order chi connectivity index (χ1) is 9.30. The number of ether oxygens (including phenoxy) is 1.